The van der Waals surface area contributed by atoms with Gasteiger partial charge in [0.05, 0.1) is 36.7 Å². The van der Waals surface area contributed by atoms with Gasteiger partial charge in [0.25, 0.3) is 0 Å². The minimum Gasteiger partial charge on any atom is -0.596 e. The molecule has 0 aliphatic carbocycles. The average molecular weight is 463 g/mol. The minimum absolute atomic E-state index is 0.364. The molecule has 11 heteroatoms. The third kappa shape index (κ3) is 5.07. The average Bonchev–Trinajstić information content (AvgIpc) is 2.98. The maximum absolute atomic E-state index is 13.7. The summed E-state index contributed by atoms with van der Waals surface area (Å²) in [6, 6.07) is 5.50. The number of benzene rings is 1. The van der Waals surface area contributed by atoms with Gasteiger partial charge in [0.2, 0.25) is 5.37 Å². The number of carbonyl (C=O) groups is 1. The molecule has 1 saturated heterocycles. The lowest BCUT2D eigenvalue weighted by atomic mass is 10.0. The molecule has 3 rings (SSSR count). The highest BCUT2D eigenvalue weighted by atomic mass is 32.5. The Kier molecular flexibility index (Phi) is 7.15. The number of hydrogen-bond donors (Lipinski definition) is 2. The maximum atomic E-state index is 13.7. The van der Waals surface area contributed by atoms with E-state index in [0.29, 0.717) is 43.9 Å². The van der Waals surface area contributed by atoms with Crippen LogP contribution in [0.3, 0.4) is 0 Å². The van der Waals surface area contributed by atoms with Crippen LogP contribution in [0.15, 0.2) is 18.2 Å². The summed E-state index contributed by atoms with van der Waals surface area (Å²) >= 11 is 3.76. The van der Waals surface area contributed by atoms with Gasteiger partial charge in [0.1, 0.15) is 11.4 Å². The van der Waals surface area contributed by atoms with E-state index < -0.39 is 35.1 Å². The van der Waals surface area contributed by atoms with Gasteiger partial charge in [-0.3, -0.25) is 5.32 Å². The van der Waals surface area contributed by atoms with Crippen LogP contribution in [0.2, 0.25) is 0 Å². The SMILES string of the molecule is CCCN([S+]([O-])C(NC(=O)O)c1cccc2c1OC(C)(C)C2)P1(=S)OCCCO1. The standard InChI is InChI=1S/C18H27N2O6PS2/c1-4-9-20(27(28)24-10-6-11-25-27)29(23)16(19-17(21)22)14-8-5-7-13-12-18(2,3)26-15(13)14/h5,7-8,16,19H,4,6,9-12H2,1-3H3,(H,21,22). The molecule has 0 spiro atoms. The van der Waals surface area contributed by atoms with Gasteiger partial charge in [-0.2, -0.15) is 0 Å². The van der Waals surface area contributed by atoms with Crippen LogP contribution in [-0.4, -0.2) is 45.2 Å². The van der Waals surface area contributed by atoms with Crippen LogP contribution < -0.4 is 10.1 Å². The minimum atomic E-state index is -2.97. The van der Waals surface area contributed by atoms with E-state index in [9.17, 15) is 14.5 Å². The molecule has 29 heavy (non-hydrogen) atoms. The van der Waals surface area contributed by atoms with E-state index in [0.717, 1.165) is 12.0 Å². The van der Waals surface area contributed by atoms with Crippen LogP contribution in [-0.2, 0) is 38.6 Å². The van der Waals surface area contributed by atoms with E-state index in [1.54, 1.807) is 6.07 Å². The molecule has 0 radical (unpaired) electrons. The van der Waals surface area contributed by atoms with E-state index in [1.165, 1.54) is 4.08 Å². The molecule has 1 fully saturated rings. The number of rotatable bonds is 7. The van der Waals surface area contributed by atoms with Gasteiger partial charge >= 0.3 is 12.7 Å². The van der Waals surface area contributed by atoms with Crippen LogP contribution in [0.4, 0.5) is 4.79 Å². The van der Waals surface area contributed by atoms with Crippen molar-refractivity contribution in [3.8, 4) is 5.75 Å². The van der Waals surface area contributed by atoms with Crippen molar-refractivity contribution in [1.82, 2.24) is 9.39 Å². The summed E-state index contributed by atoms with van der Waals surface area (Å²) in [6.45, 7) is 4.12. The number of ether oxygens (including phenoxy) is 1. The Morgan fingerprint density at radius 3 is 2.76 bits per heavy atom. The van der Waals surface area contributed by atoms with E-state index in [4.69, 9.17) is 25.6 Å². The first kappa shape index (κ1) is 22.8. The number of fused-ring (bicyclic) bond motifs is 1. The Labute approximate surface area is 179 Å². The first-order valence-corrected chi connectivity index (χ1v) is 13.3. The number of amides is 1. The third-order valence-electron chi connectivity index (χ3n) is 4.55. The highest BCUT2D eigenvalue weighted by Crippen LogP contribution is 2.57. The Morgan fingerprint density at radius 2 is 2.14 bits per heavy atom. The Hall–Kier alpha value is -0.870. The molecule has 8 nitrogen and oxygen atoms in total. The van der Waals surface area contributed by atoms with E-state index in [2.05, 4.69) is 5.32 Å². The fourth-order valence-electron chi connectivity index (χ4n) is 3.40. The largest absolute Gasteiger partial charge is 0.596 e. The molecule has 2 unspecified atom stereocenters. The van der Waals surface area contributed by atoms with Crippen molar-refractivity contribution < 1.29 is 28.2 Å². The first-order chi connectivity index (χ1) is 13.7. The predicted octanol–water partition coefficient (Wildman–Crippen LogP) is 3.70. The van der Waals surface area contributed by atoms with Crippen LogP contribution >= 0.6 is 6.64 Å². The smallest absolute Gasteiger partial charge is 0.408 e. The van der Waals surface area contributed by atoms with Crippen molar-refractivity contribution in [3.63, 3.8) is 0 Å². The number of nitrogens with one attached hydrogen (secondary N) is 1. The highest BCUT2D eigenvalue weighted by Gasteiger charge is 2.46. The number of para-hydroxylation sites is 1. The van der Waals surface area contributed by atoms with E-state index >= 15 is 0 Å². The van der Waals surface area contributed by atoms with Crippen LogP contribution in [0.25, 0.3) is 0 Å². The molecule has 2 heterocycles. The Morgan fingerprint density at radius 1 is 1.45 bits per heavy atom. The molecule has 2 atom stereocenters. The topological polar surface area (TPSA) is 103 Å². The van der Waals surface area contributed by atoms with E-state index in [-0.39, 0.29) is 0 Å². The second-order valence-electron chi connectivity index (χ2n) is 7.54. The first-order valence-electron chi connectivity index (χ1n) is 9.55. The lowest BCUT2D eigenvalue weighted by molar-refractivity contribution is 0.136. The molecule has 1 aromatic rings. The quantitative estimate of drug-likeness (QED) is 0.467. The summed E-state index contributed by atoms with van der Waals surface area (Å²) in [7, 11) is 0. The van der Waals surface area contributed by atoms with Gasteiger partial charge < -0.3 is 23.4 Å². The normalized spacial score (nSPS) is 21.8. The Balaban J connectivity index is 2.00. The Bertz CT molecular complexity index is 799. The van der Waals surface area contributed by atoms with Crippen LogP contribution in [0.1, 0.15) is 50.1 Å². The molecule has 2 aliphatic rings. The van der Waals surface area contributed by atoms with Gasteiger partial charge in [-0.25, -0.2) is 4.79 Å². The monoisotopic (exact) mass is 462 g/mol. The molecule has 2 N–H and O–H groups in total. The van der Waals surface area contributed by atoms with Gasteiger partial charge in [-0.1, -0.05) is 19.1 Å². The zero-order chi connectivity index (χ0) is 21.2. The van der Waals surface area contributed by atoms with Crippen molar-refractivity contribution >= 4 is 35.9 Å². The highest BCUT2D eigenvalue weighted by molar-refractivity contribution is 8.13. The lowest BCUT2D eigenvalue weighted by Gasteiger charge is -2.37. The summed E-state index contributed by atoms with van der Waals surface area (Å²) in [5.74, 6) is 0.572. The summed E-state index contributed by atoms with van der Waals surface area (Å²) in [6.07, 6.45) is 0.784. The van der Waals surface area contributed by atoms with Crippen LogP contribution in [0, 0.1) is 0 Å². The van der Waals surface area contributed by atoms with Crippen molar-refractivity contribution in [3.05, 3.63) is 29.3 Å². The van der Waals surface area contributed by atoms with E-state index in [1.807, 2.05) is 32.9 Å². The lowest BCUT2D eigenvalue weighted by Crippen LogP contribution is -2.42. The summed E-state index contributed by atoms with van der Waals surface area (Å²) in [5.41, 5.74) is 1.06. The van der Waals surface area contributed by atoms with Crippen LogP contribution in [0.5, 0.6) is 5.75 Å². The molecule has 1 aromatic carbocycles. The molecule has 162 valence electrons. The molecular weight excluding hydrogens is 435 g/mol. The van der Waals surface area contributed by atoms with Gasteiger partial charge in [-0.05, 0) is 54.2 Å². The molecule has 0 aromatic heterocycles. The summed E-state index contributed by atoms with van der Waals surface area (Å²) in [5, 5.41) is 10.8. The van der Waals surface area contributed by atoms with Gasteiger partial charge in [0, 0.05) is 6.42 Å². The van der Waals surface area contributed by atoms with Gasteiger partial charge in [0.15, 0.2) is 0 Å². The fourth-order valence-corrected chi connectivity index (χ4v) is 8.75. The van der Waals surface area contributed by atoms with Gasteiger partial charge in [-0.15, -0.1) is 0 Å². The fraction of sp³-hybridized carbons (Fsp3) is 0.611. The number of carboxylic acid groups (broad SMARTS) is 1. The second-order valence-corrected chi connectivity index (χ2v) is 12.6. The zero-order valence-corrected chi connectivity index (χ0v) is 19.3. The molecule has 0 saturated carbocycles. The molecule has 1 amide bonds. The molecule has 2 aliphatic heterocycles. The van der Waals surface area contributed by atoms with Crippen molar-refractivity contribution in [1.29, 1.82) is 0 Å². The summed E-state index contributed by atoms with van der Waals surface area (Å²) < 4.78 is 32.8. The molecular formula is C18H27N2O6PS2. The maximum Gasteiger partial charge on any atom is 0.408 e. The number of nitrogens with zero attached hydrogens (tertiary/aromatic N) is 1. The predicted molar refractivity (Wildman–Crippen MR) is 115 cm³/mol. The summed E-state index contributed by atoms with van der Waals surface area (Å²) in [4.78, 5) is 11.6. The molecule has 0 bridgehead atoms. The third-order valence-corrected chi connectivity index (χ3v) is 10.4. The van der Waals surface area contributed by atoms with Crippen molar-refractivity contribution in [2.45, 2.75) is 51.0 Å². The van der Waals surface area contributed by atoms with Crippen molar-refractivity contribution in [2.75, 3.05) is 19.8 Å². The van der Waals surface area contributed by atoms with Crippen molar-refractivity contribution in [2.24, 2.45) is 0 Å². The second kappa shape index (κ2) is 9.09. The zero-order valence-electron chi connectivity index (χ0n) is 16.8. The number of hydrogen-bond acceptors (Lipinski definition) is 6.